The number of halogens is 2. The first-order valence-electron chi connectivity index (χ1n) is 12.1. The Bertz CT molecular complexity index is 1390. The van der Waals surface area contributed by atoms with Crippen LogP contribution in [0.1, 0.15) is 17.5 Å². The number of anilines is 1. The fourth-order valence-corrected chi connectivity index (χ4v) is 5.44. The lowest BCUT2D eigenvalue weighted by Gasteiger charge is -2.18. The smallest absolute Gasteiger partial charge is 0.173 e. The van der Waals surface area contributed by atoms with E-state index in [0.29, 0.717) is 40.4 Å². The maximum atomic E-state index is 16.3. The van der Waals surface area contributed by atoms with Crippen molar-refractivity contribution < 1.29 is 13.9 Å². The molecule has 6 nitrogen and oxygen atoms in total. The van der Waals surface area contributed by atoms with Crippen LogP contribution in [0.5, 0.6) is 5.75 Å². The fraction of sp³-hybridized carbons (Fsp3) is 0.357. The van der Waals surface area contributed by atoms with Gasteiger partial charge in [0.15, 0.2) is 5.82 Å². The maximum Gasteiger partial charge on any atom is 0.173 e. The van der Waals surface area contributed by atoms with Crippen LogP contribution in [0.2, 0.25) is 0 Å². The lowest BCUT2D eigenvalue weighted by atomic mass is 9.94. The predicted octanol–water partition coefficient (Wildman–Crippen LogP) is 4.06. The van der Waals surface area contributed by atoms with Crippen molar-refractivity contribution in [3.63, 3.8) is 0 Å². The minimum absolute atomic E-state index is 0.0145. The largest absolute Gasteiger partial charge is 0.508 e. The zero-order valence-corrected chi connectivity index (χ0v) is 20.3. The number of nitrogens with zero attached hydrogens (tertiary/aromatic N) is 2. The highest BCUT2D eigenvalue weighted by Crippen LogP contribution is 2.51. The van der Waals surface area contributed by atoms with Crippen molar-refractivity contribution in [2.24, 2.45) is 17.8 Å². The van der Waals surface area contributed by atoms with E-state index in [4.69, 9.17) is 11.8 Å². The molecule has 0 radical (unpaired) electrons. The molecule has 1 aromatic heterocycles. The maximum absolute atomic E-state index is 16.3. The van der Waals surface area contributed by atoms with Gasteiger partial charge in [0.25, 0.3) is 0 Å². The van der Waals surface area contributed by atoms with E-state index in [1.807, 2.05) is 19.0 Å². The molecule has 4 N–H and O–H groups in total. The molecule has 186 valence electrons. The highest BCUT2D eigenvalue weighted by atomic mass is 19.1. The topological polar surface area (TPSA) is 84.3 Å². The number of hydrogen-bond acceptors (Lipinski definition) is 6. The monoisotopic (exact) mass is 489 g/mol. The van der Waals surface area contributed by atoms with Crippen LogP contribution in [0.3, 0.4) is 0 Å². The van der Waals surface area contributed by atoms with E-state index in [1.54, 1.807) is 0 Å². The number of nitrogens with one attached hydrogen (secondary N) is 3. The summed E-state index contributed by atoms with van der Waals surface area (Å²) in [5.74, 6) is 1.89. The van der Waals surface area contributed by atoms with Crippen molar-refractivity contribution in [2.45, 2.75) is 6.42 Å². The number of benzene rings is 2. The summed E-state index contributed by atoms with van der Waals surface area (Å²) in [5.41, 5.74) is 1.17. The molecule has 8 heteroatoms. The highest BCUT2D eigenvalue weighted by Gasteiger charge is 2.55. The minimum Gasteiger partial charge on any atom is -0.508 e. The Morgan fingerprint density at radius 3 is 2.72 bits per heavy atom. The van der Waals surface area contributed by atoms with E-state index >= 15 is 4.39 Å². The first kappa shape index (κ1) is 24.2. The lowest BCUT2D eigenvalue weighted by Crippen LogP contribution is -2.21. The van der Waals surface area contributed by atoms with Crippen molar-refractivity contribution in [3.05, 3.63) is 53.2 Å². The Hall–Kier alpha value is -3.54. The number of aromatic nitrogens is 1. The van der Waals surface area contributed by atoms with Gasteiger partial charge in [-0.1, -0.05) is 12.0 Å². The summed E-state index contributed by atoms with van der Waals surface area (Å²) in [6.07, 6.45) is 7.90. The van der Waals surface area contributed by atoms with Gasteiger partial charge in [-0.25, -0.2) is 8.78 Å². The number of phenolic OH excluding ortho intramolecular Hbond substituents is 1. The van der Waals surface area contributed by atoms with Crippen LogP contribution >= 0.6 is 0 Å². The van der Waals surface area contributed by atoms with Gasteiger partial charge in [-0.2, -0.15) is 0 Å². The van der Waals surface area contributed by atoms with Crippen LogP contribution in [0.15, 0.2) is 30.5 Å². The Labute approximate surface area is 209 Å². The quantitative estimate of drug-likeness (QED) is 0.218. The number of phenols is 1. The minimum atomic E-state index is -0.648. The van der Waals surface area contributed by atoms with E-state index in [2.05, 4.69) is 21.5 Å². The molecule has 1 aliphatic carbocycles. The van der Waals surface area contributed by atoms with Gasteiger partial charge in [-0.3, -0.25) is 4.98 Å². The second-order valence-corrected chi connectivity index (χ2v) is 9.88. The van der Waals surface area contributed by atoms with Gasteiger partial charge < -0.3 is 26.0 Å². The number of pyridine rings is 1. The van der Waals surface area contributed by atoms with E-state index in [-0.39, 0.29) is 34.2 Å². The summed E-state index contributed by atoms with van der Waals surface area (Å²) < 4.78 is 30.8. The third kappa shape index (κ3) is 4.19. The number of terminal acetylenes is 1. The SMILES string of the molecule is C#Cc1c(F)ccc2cc(O)cc(-c3ncc(C(=N)C4C5CNCC54)c(NCCCN(C)C)c3F)c12. The van der Waals surface area contributed by atoms with Crippen molar-refractivity contribution >= 4 is 22.2 Å². The molecule has 0 amide bonds. The standard InChI is InChI=1S/C28H29F2N5O/c1-4-17-22(29)7-6-15-10-16(36)11-18(23(15)17)27-25(30)28(33-8-5-9-35(2)3)21(14-34-27)26(31)24-19-12-32-13-20(19)24/h1,6-7,10-11,14,19-20,24,31-32,36H,5,8-9,12-13H2,2-3H3,(H,33,34). The average Bonchev–Trinajstić information content (AvgIpc) is 3.32. The Morgan fingerprint density at radius 1 is 1.28 bits per heavy atom. The molecule has 1 saturated heterocycles. The highest BCUT2D eigenvalue weighted by molar-refractivity contribution is 6.07. The summed E-state index contributed by atoms with van der Waals surface area (Å²) in [6.45, 7) is 3.06. The van der Waals surface area contributed by atoms with Crippen molar-refractivity contribution in [3.8, 4) is 29.4 Å². The van der Waals surface area contributed by atoms with Crippen LogP contribution in [0.4, 0.5) is 14.5 Å². The molecule has 36 heavy (non-hydrogen) atoms. The normalized spacial score (nSPS) is 20.4. The van der Waals surface area contributed by atoms with Crippen LogP contribution in [0, 0.1) is 47.1 Å². The van der Waals surface area contributed by atoms with Gasteiger partial charge in [-0.15, -0.1) is 6.42 Å². The summed E-state index contributed by atoms with van der Waals surface area (Å²) in [5, 5.41) is 26.5. The number of rotatable bonds is 8. The third-order valence-electron chi connectivity index (χ3n) is 7.27. The van der Waals surface area contributed by atoms with Gasteiger partial charge in [0, 0.05) is 40.9 Å². The molecule has 2 atom stereocenters. The molecule has 5 rings (SSSR count). The Morgan fingerprint density at radius 2 is 2.03 bits per heavy atom. The summed E-state index contributed by atoms with van der Waals surface area (Å²) in [7, 11) is 3.95. The molecule has 3 aromatic rings. The number of aromatic hydroxyl groups is 1. The zero-order chi connectivity index (χ0) is 25.6. The van der Waals surface area contributed by atoms with Gasteiger partial charge >= 0.3 is 0 Å². The fourth-order valence-electron chi connectivity index (χ4n) is 5.44. The molecule has 2 unspecified atom stereocenters. The van der Waals surface area contributed by atoms with E-state index in [1.165, 1.54) is 30.5 Å². The second-order valence-electron chi connectivity index (χ2n) is 9.88. The summed E-state index contributed by atoms with van der Waals surface area (Å²) in [4.78, 5) is 6.45. The lowest BCUT2D eigenvalue weighted by molar-refractivity contribution is 0.405. The first-order chi connectivity index (χ1) is 17.3. The summed E-state index contributed by atoms with van der Waals surface area (Å²) in [6, 6.07) is 5.54. The van der Waals surface area contributed by atoms with Crippen LogP contribution in [0.25, 0.3) is 22.0 Å². The van der Waals surface area contributed by atoms with Crippen molar-refractivity contribution in [2.75, 3.05) is 45.6 Å². The third-order valence-corrected chi connectivity index (χ3v) is 7.27. The predicted molar refractivity (Wildman–Crippen MR) is 139 cm³/mol. The molecule has 2 aliphatic rings. The molecular formula is C28H29F2N5O. The number of piperidine rings is 1. The molecule has 0 spiro atoms. The van der Waals surface area contributed by atoms with Gasteiger partial charge in [0.05, 0.1) is 11.3 Å². The van der Waals surface area contributed by atoms with Gasteiger partial charge in [0.2, 0.25) is 0 Å². The first-order valence-corrected chi connectivity index (χ1v) is 12.1. The summed E-state index contributed by atoms with van der Waals surface area (Å²) >= 11 is 0. The molecule has 2 aromatic carbocycles. The van der Waals surface area contributed by atoms with Crippen LogP contribution in [-0.4, -0.2) is 61.0 Å². The Kier molecular flexibility index (Phi) is 6.37. The van der Waals surface area contributed by atoms with Crippen LogP contribution < -0.4 is 10.6 Å². The zero-order valence-electron chi connectivity index (χ0n) is 20.3. The van der Waals surface area contributed by atoms with Gasteiger partial charge in [-0.05, 0) is 75.6 Å². The number of hydrogen-bond donors (Lipinski definition) is 4. The second kappa shape index (κ2) is 9.49. The van der Waals surface area contributed by atoms with Crippen molar-refractivity contribution in [1.82, 2.24) is 15.2 Å². The number of fused-ring (bicyclic) bond motifs is 2. The van der Waals surface area contributed by atoms with E-state index in [9.17, 15) is 9.50 Å². The molecule has 1 saturated carbocycles. The van der Waals surface area contributed by atoms with E-state index < -0.39 is 11.6 Å². The Balaban J connectivity index is 1.62. The molecule has 0 bridgehead atoms. The van der Waals surface area contributed by atoms with Gasteiger partial charge in [0.1, 0.15) is 17.3 Å². The molecule has 1 aliphatic heterocycles. The average molecular weight is 490 g/mol. The molecule has 2 fully saturated rings. The van der Waals surface area contributed by atoms with E-state index in [0.717, 1.165) is 26.1 Å². The van der Waals surface area contributed by atoms with Crippen LogP contribution in [-0.2, 0) is 0 Å². The van der Waals surface area contributed by atoms with Crippen molar-refractivity contribution in [1.29, 1.82) is 5.41 Å². The molecule has 2 heterocycles. The molecular weight excluding hydrogens is 460 g/mol.